The van der Waals surface area contributed by atoms with Crippen molar-refractivity contribution in [3.05, 3.63) is 35.1 Å². The molecule has 2 rings (SSSR count). The van der Waals surface area contributed by atoms with Crippen LogP contribution in [-0.2, 0) is 4.74 Å². The van der Waals surface area contributed by atoms with E-state index in [1.807, 2.05) is 0 Å². The van der Waals surface area contributed by atoms with Crippen molar-refractivity contribution in [2.75, 3.05) is 19.7 Å². The fourth-order valence-electron chi connectivity index (χ4n) is 2.41. The van der Waals surface area contributed by atoms with Gasteiger partial charge in [-0.2, -0.15) is 0 Å². The number of hydrogen-bond acceptors (Lipinski definition) is 3. The molecule has 1 N–H and O–H groups in total. The van der Waals surface area contributed by atoms with E-state index in [1.54, 1.807) is 13.8 Å². The van der Waals surface area contributed by atoms with Gasteiger partial charge in [-0.25, -0.2) is 13.2 Å². The monoisotopic (exact) mass is 303 g/mol. The number of aliphatic hydroxyl groups excluding tert-OH is 1. The van der Waals surface area contributed by atoms with E-state index in [-0.39, 0.29) is 19.7 Å². The highest BCUT2D eigenvalue weighted by molar-refractivity contribution is 5.94. The van der Waals surface area contributed by atoms with Crippen molar-refractivity contribution in [2.24, 2.45) is 0 Å². The summed E-state index contributed by atoms with van der Waals surface area (Å²) in [6.45, 7) is 3.35. The molecule has 1 saturated heterocycles. The lowest BCUT2D eigenvalue weighted by atomic mass is 10.0. The van der Waals surface area contributed by atoms with Crippen LogP contribution in [0, 0.1) is 17.5 Å². The minimum absolute atomic E-state index is 0.0528. The smallest absolute Gasteiger partial charge is 0.257 e. The number of benzene rings is 1. The summed E-state index contributed by atoms with van der Waals surface area (Å²) in [6, 6.07) is 1.62. The Hall–Kier alpha value is -1.60. The Balaban J connectivity index is 2.29. The predicted molar refractivity (Wildman–Crippen MR) is 68.3 cm³/mol. The number of hydrogen-bond donors (Lipinski definition) is 1. The van der Waals surface area contributed by atoms with Crippen molar-refractivity contribution < 1.29 is 27.8 Å². The van der Waals surface area contributed by atoms with Crippen molar-refractivity contribution in [3.8, 4) is 0 Å². The number of nitrogens with zero attached hydrogens (tertiary/aromatic N) is 1. The Morgan fingerprint density at radius 1 is 1.38 bits per heavy atom. The molecule has 0 spiro atoms. The van der Waals surface area contributed by atoms with Crippen LogP contribution in [0.1, 0.15) is 24.2 Å². The lowest BCUT2D eigenvalue weighted by Crippen LogP contribution is -2.55. The van der Waals surface area contributed by atoms with Crippen LogP contribution in [0.25, 0.3) is 0 Å². The lowest BCUT2D eigenvalue weighted by molar-refractivity contribution is -0.139. The summed E-state index contributed by atoms with van der Waals surface area (Å²) in [5.74, 6) is -5.29. The maximum Gasteiger partial charge on any atom is 0.257 e. The minimum Gasteiger partial charge on any atom is -0.394 e. The van der Waals surface area contributed by atoms with E-state index >= 15 is 0 Å². The third-order valence-corrected chi connectivity index (χ3v) is 3.24. The van der Waals surface area contributed by atoms with Crippen LogP contribution >= 0.6 is 0 Å². The number of ether oxygens (including phenoxy) is 1. The van der Waals surface area contributed by atoms with Crippen molar-refractivity contribution >= 4 is 5.91 Å². The first-order valence-electron chi connectivity index (χ1n) is 6.46. The Morgan fingerprint density at radius 2 is 2.05 bits per heavy atom. The molecule has 21 heavy (non-hydrogen) atoms. The van der Waals surface area contributed by atoms with Gasteiger partial charge in [-0.1, -0.05) is 0 Å². The fourth-order valence-corrected chi connectivity index (χ4v) is 2.41. The van der Waals surface area contributed by atoms with E-state index in [2.05, 4.69) is 0 Å². The summed E-state index contributed by atoms with van der Waals surface area (Å²) in [5.41, 5.74) is -1.26. The molecule has 0 bridgehead atoms. The molecule has 7 heteroatoms. The van der Waals surface area contributed by atoms with E-state index in [0.29, 0.717) is 6.07 Å². The molecule has 116 valence electrons. The third kappa shape index (κ3) is 3.19. The van der Waals surface area contributed by atoms with Gasteiger partial charge in [0, 0.05) is 13.1 Å². The number of aliphatic hydroxyl groups is 1. The summed E-state index contributed by atoms with van der Waals surface area (Å²) >= 11 is 0. The van der Waals surface area contributed by atoms with Gasteiger partial charge in [-0.3, -0.25) is 4.79 Å². The Labute approximate surface area is 120 Å². The standard InChI is InChI=1S/C14H16F3NO3/c1-14(2)7-18(5-8(6-19)21-14)13(20)9-3-4-10(15)12(17)11(9)16/h3-4,8,19H,5-7H2,1-2H3. The average Bonchev–Trinajstić information content (AvgIpc) is 2.42. The molecule has 1 atom stereocenters. The average molecular weight is 303 g/mol. The molecule has 1 aromatic rings. The second-order valence-electron chi connectivity index (χ2n) is 5.59. The van der Waals surface area contributed by atoms with Crippen LogP contribution < -0.4 is 0 Å². The number of morpholine rings is 1. The first-order chi connectivity index (χ1) is 9.75. The Kier molecular flexibility index (Phi) is 4.25. The van der Waals surface area contributed by atoms with Crippen molar-refractivity contribution in [3.63, 3.8) is 0 Å². The molecule has 1 unspecified atom stereocenters. The summed E-state index contributed by atoms with van der Waals surface area (Å²) in [5, 5.41) is 9.18. The predicted octanol–water partition coefficient (Wildman–Crippen LogP) is 1.72. The van der Waals surface area contributed by atoms with Crippen LogP contribution in [-0.4, -0.2) is 47.3 Å². The summed E-state index contributed by atoms with van der Waals surface area (Å²) < 4.78 is 45.4. The second kappa shape index (κ2) is 5.65. The maximum atomic E-state index is 13.7. The van der Waals surface area contributed by atoms with Gasteiger partial charge in [-0.05, 0) is 26.0 Å². The Bertz CT molecular complexity index is 563. The van der Waals surface area contributed by atoms with Crippen molar-refractivity contribution in [2.45, 2.75) is 25.6 Å². The zero-order chi connectivity index (χ0) is 15.8. The number of carbonyl (C=O) groups excluding carboxylic acids is 1. The number of halogens is 3. The lowest BCUT2D eigenvalue weighted by Gasteiger charge is -2.42. The van der Waals surface area contributed by atoms with Crippen LogP contribution in [0.3, 0.4) is 0 Å². The molecule has 0 saturated carbocycles. The highest BCUT2D eigenvalue weighted by Crippen LogP contribution is 2.24. The molecule has 1 aliphatic rings. The van der Waals surface area contributed by atoms with Gasteiger partial charge in [0.25, 0.3) is 5.91 Å². The van der Waals surface area contributed by atoms with E-state index in [0.717, 1.165) is 6.07 Å². The maximum absolute atomic E-state index is 13.7. The first-order valence-corrected chi connectivity index (χ1v) is 6.46. The van der Waals surface area contributed by atoms with E-state index < -0.39 is 40.6 Å². The summed E-state index contributed by atoms with van der Waals surface area (Å²) in [6.07, 6.45) is -0.606. The fraction of sp³-hybridized carbons (Fsp3) is 0.500. The molecule has 4 nitrogen and oxygen atoms in total. The zero-order valence-electron chi connectivity index (χ0n) is 11.7. The van der Waals surface area contributed by atoms with Crippen LogP contribution in [0.15, 0.2) is 12.1 Å². The van der Waals surface area contributed by atoms with Crippen molar-refractivity contribution in [1.82, 2.24) is 4.90 Å². The van der Waals surface area contributed by atoms with Gasteiger partial charge < -0.3 is 14.7 Å². The van der Waals surface area contributed by atoms with Gasteiger partial charge in [-0.15, -0.1) is 0 Å². The highest BCUT2D eigenvalue weighted by Gasteiger charge is 2.36. The topological polar surface area (TPSA) is 49.8 Å². The minimum atomic E-state index is -1.67. The number of amides is 1. The van der Waals surface area contributed by atoms with E-state index in [1.165, 1.54) is 4.90 Å². The molecule has 1 aromatic carbocycles. The molecule has 1 fully saturated rings. The first kappa shape index (κ1) is 15.8. The SMILES string of the molecule is CC1(C)CN(C(=O)c2ccc(F)c(F)c2F)CC(CO)O1. The molecule has 1 heterocycles. The number of rotatable bonds is 2. The molecular weight excluding hydrogens is 287 g/mol. The summed E-state index contributed by atoms with van der Waals surface area (Å²) in [4.78, 5) is 13.6. The molecular formula is C14H16F3NO3. The van der Waals surface area contributed by atoms with E-state index in [4.69, 9.17) is 4.74 Å². The van der Waals surface area contributed by atoms with Crippen LogP contribution in [0.5, 0.6) is 0 Å². The van der Waals surface area contributed by atoms with Gasteiger partial charge in [0.2, 0.25) is 0 Å². The Morgan fingerprint density at radius 3 is 2.67 bits per heavy atom. The van der Waals surface area contributed by atoms with Crippen molar-refractivity contribution in [1.29, 1.82) is 0 Å². The quantitative estimate of drug-likeness (QED) is 0.846. The van der Waals surface area contributed by atoms with Crippen LogP contribution in [0.2, 0.25) is 0 Å². The number of carbonyl (C=O) groups is 1. The molecule has 0 aromatic heterocycles. The van der Waals surface area contributed by atoms with E-state index in [9.17, 15) is 23.1 Å². The van der Waals surface area contributed by atoms with Gasteiger partial charge in [0.1, 0.15) is 0 Å². The molecule has 1 aliphatic heterocycles. The third-order valence-electron chi connectivity index (χ3n) is 3.24. The molecule has 1 amide bonds. The summed E-state index contributed by atoms with van der Waals surface area (Å²) in [7, 11) is 0. The highest BCUT2D eigenvalue weighted by atomic mass is 19.2. The van der Waals surface area contributed by atoms with Crippen LogP contribution in [0.4, 0.5) is 13.2 Å². The second-order valence-corrected chi connectivity index (χ2v) is 5.59. The van der Waals surface area contributed by atoms with Gasteiger partial charge in [0.15, 0.2) is 17.5 Å². The molecule has 0 aliphatic carbocycles. The normalized spacial score (nSPS) is 21.4. The van der Waals surface area contributed by atoms with Gasteiger partial charge in [0.05, 0.1) is 23.9 Å². The largest absolute Gasteiger partial charge is 0.394 e. The molecule has 0 radical (unpaired) electrons. The van der Waals surface area contributed by atoms with Gasteiger partial charge >= 0.3 is 0 Å². The zero-order valence-corrected chi connectivity index (χ0v) is 11.7.